The normalized spacial score (nSPS) is 10.5. The first kappa shape index (κ1) is 16.4. The van der Waals surface area contributed by atoms with Crippen LogP contribution in [-0.2, 0) is 9.59 Å². The van der Waals surface area contributed by atoms with Crippen LogP contribution in [-0.4, -0.2) is 16.8 Å². The highest BCUT2D eigenvalue weighted by Crippen LogP contribution is 2.15. The first-order valence-corrected chi connectivity index (χ1v) is 7.47. The van der Waals surface area contributed by atoms with Crippen molar-refractivity contribution >= 4 is 29.3 Å². The SMILES string of the molecule is CCCC(=O)Nc1cccc(NC(=O)/C=C/c2ccccn2)c1. The summed E-state index contributed by atoms with van der Waals surface area (Å²) in [6, 6.07) is 12.5. The Morgan fingerprint density at radius 2 is 1.87 bits per heavy atom. The third-order valence-electron chi connectivity index (χ3n) is 2.98. The summed E-state index contributed by atoms with van der Waals surface area (Å²) in [5.41, 5.74) is 1.99. The van der Waals surface area contributed by atoms with Crippen molar-refractivity contribution in [3.8, 4) is 0 Å². The summed E-state index contributed by atoms with van der Waals surface area (Å²) in [5.74, 6) is -0.293. The van der Waals surface area contributed by atoms with Gasteiger partial charge in [-0.3, -0.25) is 14.6 Å². The molecular formula is C18H19N3O2. The van der Waals surface area contributed by atoms with Gasteiger partial charge in [0.1, 0.15) is 0 Å². The van der Waals surface area contributed by atoms with Gasteiger partial charge in [-0.05, 0) is 42.8 Å². The number of anilines is 2. The van der Waals surface area contributed by atoms with Crippen LogP contribution in [0.4, 0.5) is 11.4 Å². The predicted molar refractivity (Wildman–Crippen MR) is 91.9 cm³/mol. The van der Waals surface area contributed by atoms with E-state index in [1.165, 1.54) is 6.08 Å². The number of carbonyl (C=O) groups excluding carboxylic acids is 2. The Morgan fingerprint density at radius 3 is 2.57 bits per heavy atom. The number of amides is 2. The van der Waals surface area contributed by atoms with Gasteiger partial charge in [-0.15, -0.1) is 0 Å². The summed E-state index contributed by atoms with van der Waals surface area (Å²) in [6.07, 6.45) is 6.00. The maximum Gasteiger partial charge on any atom is 0.248 e. The first-order valence-electron chi connectivity index (χ1n) is 7.47. The summed E-state index contributed by atoms with van der Waals surface area (Å²) in [6.45, 7) is 1.95. The summed E-state index contributed by atoms with van der Waals surface area (Å²) in [7, 11) is 0. The molecule has 0 unspecified atom stereocenters. The highest BCUT2D eigenvalue weighted by molar-refractivity contribution is 6.02. The van der Waals surface area contributed by atoms with Crippen LogP contribution in [0.25, 0.3) is 6.08 Å². The number of pyridine rings is 1. The Hall–Kier alpha value is -2.95. The molecule has 0 saturated carbocycles. The second kappa shape index (κ2) is 8.48. The van der Waals surface area contributed by atoms with Crippen molar-refractivity contribution in [1.29, 1.82) is 0 Å². The molecule has 2 aromatic rings. The lowest BCUT2D eigenvalue weighted by molar-refractivity contribution is -0.116. The average molecular weight is 309 g/mol. The number of benzene rings is 1. The van der Waals surface area contributed by atoms with Crippen LogP contribution >= 0.6 is 0 Å². The zero-order valence-electron chi connectivity index (χ0n) is 13.0. The lowest BCUT2D eigenvalue weighted by Gasteiger charge is -2.07. The van der Waals surface area contributed by atoms with Gasteiger partial charge in [-0.2, -0.15) is 0 Å². The number of carbonyl (C=O) groups is 2. The molecule has 0 aliphatic rings. The Labute approximate surface area is 135 Å². The van der Waals surface area contributed by atoms with Crippen LogP contribution in [0, 0.1) is 0 Å². The van der Waals surface area contributed by atoms with Crippen LogP contribution in [0.5, 0.6) is 0 Å². The summed E-state index contributed by atoms with van der Waals surface area (Å²) in [5, 5.41) is 5.55. The van der Waals surface area contributed by atoms with Crippen molar-refractivity contribution in [3.05, 3.63) is 60.4 Å². The smallest absolute Gasteiger partial charge is 0.248 e. The lowest BCUT2D eigenvalue weighted by Crippen LogP contribution is -2.12. The van der Waals surface area contributed by atoms with E-state index in [2.05, 4.69) is 15.6 Å². The van der Waals surface area contributed by atoms with E-state index in [4.69, 9.17) is 0 Å². The molecule has 1 heterocycles. The number of rotatable bonds is 6. The molecule has 0 bridgehead atoms. The molecule has 23 heavy (non-hydrogen) atoms. The molecule has 1 aromatic carbocycles. The monoisotopic (exact) mass is 309 g/mol. The van der Waals surface area contributed by atoms with E-state index < -0.39 is 0 Å². The standard InChI is InChI=1S/C18H19N3O2/c1-2-6-17(22)20-15-8-5-9-16(13-15)21-18(23)11-10-14-7-3-4-12-19-14/h3-5,7-13H,2,6H2,1H3,(H,20,22)(H,21,23)/b11-10+. The molecule has 0 radical (unpaired) electrons. The quantitative estimate of drug-likeness (QED) is 0.803. The molecule has 118 valence electrons. The Bertz CT molecular complexity index is 696. The minimum Gasteiger partial charge on any atom is -0.326 e. The van der Waals surface area contributed by atoms with Gasteiger partial charge in [0.25, 0.3) is 0 Å². The number of nitrogens with zero attached hydrogens (tertiary/aromatic N) is 1. The van der Waals surface area contributed by atoms with E-state index in [1.54, 1.807) is 36.5 Å². The van der Waals surface area contributed by atoms with Gasteiger partial charge >= 0.3 is 0 Å². The van der Waals surface area contributed by atoms with Gasteiger partial charge in [0.2, 0.25) is 11.8 Å². The summed E-state index contributed by atoms with van der Waals surface area (Å²) >= 11 is 0. The van der Waals surface area contributed by atoms with E-state index in [9.17, 15) is 9.59 Å². The van der Waals surface area contributed by atoms with Gasteiger partial charge in [0, 0.05) is 30.1 Å². The third kappa shape index (κ3) is 5.74. The van der Waals surface area contributed by atoms with Crippen molar-refractivity contribution in [2.24, 2.45) is 0 Å². The third-order valence-corrected chi connectivity index (χ3v) is 2.98. The molecule has 1 aromatic heterocycles. The van der Waals surface area contributed by atoms with Crippen LogP contribution in [0.3, 0.4) is 0 Å². The summed E-state index contributed by atoms with van der Waals surface area (Å²) in [4.78, 5) is 27.6. The summed E-state index contributed by atoms with van der Waals surface area (Å²) < 4.78 is 0. The first-order chi connectivity index (χ1) is 11.2. The molecule has 0 spiro atoms. The van der Waals surface area contributed by atoms with Crippen molar-refractivity contribution in [2.45, 2.75) is 19.8 Å². The molecule has 0 fully saturated rings. The number of nitrogens with one attached hydrogen (secondary N) is 2. The van der Waals surface area contributed by atoms with Crippen LogP contribution in [0.1, 0.15) is 25.5 Å². The number of hydrogen-bond donors (Lipinski definition) is 2. The second-order valence-electron chi connectivity index (χ2n) is 4.96. The van der Waals surface area contributed by atoms with E-state index in [1.807, 2.05) is 25.1 Å². The van der Waals surface area contributed by atoms with Crippen LogP contribution in [0.15, 0.2) is 54.7 Å². The van der Waals surface area contributed by atoms with E-state index >= 15 is 0 Å². The fourth-order valence-electron chi connectivity index (χ4n) is 1.94. The van der Waals surface area contributed by atoms with Gasteiger partial charge < -0.3 is 10.6 Å². The Balaban J connectivity index is 1.95. The lowest BCUT2D eigenvalue weighted by atomic mass is 10.2. The van der Waals surface area contributed by atoms with Crippen molar-refractivity contribution < 1.29 is 9.59 Å². The van der Waals surface area contributed by atoms with Gasteiger partial charge in [0.15, 0.2) is 0 Å². The molecule has 2 amide bonds. The molecule has 2 N–H and O–H groups in total. The fraction of sp³-hybridized carbons (Fsp3) is 0.167. The van der Waals surface area contributed by atoms with E-state index in [0.717, 1.165) is 6.42 Å². The minimum atomic E-state index is -0.257. The zero-order valence-corrected chi connectivity index (χ0v) is 13.0. The topological polar surface area (TPSA) is 71.1 Å². The Kier molecular flexibility index (Phi) is 6.06. The average Bonchev–Trinajstić information content (AvgIpc) is 2.54. The highest BCUT2D eigenvalue weighted by atomic mass is 16.2. The van der Waals surface area contributed by atoms with Crippen molar-refractivity contribution in [1.82, 2.24) is 4.98 Å². The molecule has 5 nitrogen and oxygen atoms in total. The van der Waals surface area contributed by atoms with Crippen molar-refractivity contribution in [3.63, 3.8) is 0 Å². The Morgan fingerprint density at radius 1 is 1.09 bits per heavy atom. The van der Waals surface area contributed by atoms with Gasteiger partial charge in [-0.1, -0.05) is 19.1 Å². The molecule has 2 rings (SSSR count). The maximum absolute atomic E-state index is 11.9. The van der Waals surface area contributed by atoms with Gasteiger partial charge in [0.05, 0.1) is 5.69 Å². The molecule has 0 saturated heterocycles. The zero-order chi connectivity index (χ0) is 16.5. The number of hydrogen-bond acceptors (Lipinski definition) is 3. The highest BCUT2D eigenvalue weighted by Gasteiger charge is 2.03. The minimum absolute atomic E-state index is 0.0361. The maximum atomic E-state index is 11.9. The predicted octanol–water partition coefficient (Wildman–Crippen LogP) is 3.47. The molecule has 5 heteroatoms. The second-order valence-corrected chi connectivity index (χ2v) is 4.96. The molecule has 0 atom stereocenters. The van der Waals surface area contributed by atoms with Crippen LogP contribution < -0.4 is 10.6 Å². The van der Waals surface area contributed by atoms with Crippen molar-refractivity contribution in [2.75, 3.05) is 10.6 Å². The molecular weight excluding hydrogens is 290 g/mol. The molecule has 0 aliphatic carbocycles. The van der Waals surface area contributed by atoms with Crippen LogP contribution in [0.2, 0.25) is 0 Å². The van der Waals surface area contributed by atoms with Gasteiger partial charge in [-0.25, -0.2) is 0 Å². The molecule has 0 aliphatic heterocycles. The number of aromatic nitrogens is 1. The largest absolute Gasteiger partial charge is 0.326 e. The fourth-order valence-corrected chi connectivity index (χ4v) is 1.94. The van der Waals surface area contributed by atoms with E-state index in [0.29, 0.717) is 23.5 Å². The van der Waals surface area contributed by atoms with E-state index in [-0.39, 0.29) is 11.8 Å².